The molecule has 0 unspecified atom stereocenters. The van der Waals surface area contributed by atoms with Gasteiger partial charge in [-0.05, 0) is 31.0 Å². The van der Waals surface area contributed by atoms with E-state index >= 15 is 0 Å². The van der Waals surface area contributed by atoms with Crippen molar-refractivity contribution in [1.29, 1.82) is 0 Å². The van der Waals surface area contributed by atoms with Crippen LogP contribution in [0.4, 0.5) is 0 Å². The second kappa shape index (κ2) is 6.59. The van der Waals surface area contributed by atoms with Crippen LogP contribution in [0.3, 0.4) is 0 Å². The molecule has 1 fully saturated rings. The van der Waals surface area contributed by atoms with Crippen molar-refractivity contribution in [2.24, 2.45) is 0 Å². The van der Waals surface area contributed by atoms with E-state index in [0.717, 1.165) is 41.1 Å². The van der Waals surface area contributed by atoms with E-state index in [0.29, 0.717) is 6.04 Å². The number of nitrogens with one attached hydrogen (secondary N) is 1. The van der Waals surface area contributed by atoms with Gasteiger partial charge in [0.1, 0.15) is 0 Å². The van der Waals surface area contributed by atoms with Crippen LogP contribution < -0.4 is 14.8 Å². The second-order valence-corrected chi connectivity index (χ2v) is 5.50. The van der Waals surface area contributed by atoms with Crippen molar-refractivity contribution in [3.05, 3.63) is 22.2 Å². The fourth-order valence-corrected chi connectivity index (χ4v) is 2.74. The molecule has 1 saturated heterocycles. The Balaban J connectivity index is 2.07. The number of ether oxygens (including phenoxy) is 3. The third kappa shape index (κ3) is 3.41. The second-order valence-electron chi connectivity index (χ2n) is 4.65. The molecule has 1 aliphatic rings. The first-order valence-electron chi connectivity index (χ1n) is 6.41. The van der Waals surface area contributed by atoms with Crippen LogP contribution in [-0.2, 0) is 11.3 Å². The van der Waals surface area contributed by atoms with Crippen LogP contribution in [0.1, 0.15) is 18.9 Å². The van der Waals surface area contributed by atoms with Gasteiger partial charge in [-0.15, -0.1) is 0 Å². The van der Waals surface area contributed by atoms with Crippen molar-refractivity contribution in [1.82, 2.24) is 5.32 Å². The summed E-state index contributed by atoms with van der Waals surface area (Å²) in [6.45, 7) is 3.72. The Kier molecular flexibility index (Phi) is 5.07. The summed E-state index contributed by atoms with van der Waals surface area (Å²) < 4.78 is 17.2. The van der Waals surface area contributed by atoms with Crippen LogP contribution in [-0.4, -0.2) is 33.0 Å². The van der Waals surface area contributed by atoms with E-state index in [9.17, 15) is 0 Å². The van der Waals surface area contributed by atoms with Gasteiger partial charge >= 0.3 is 0 Å². The average Bonchev–Trinajstić information content (AvgIpc) is 2.82. The normalized spacial score (nSPS) is 22.5. The Morgan fingerprint density at radius 2 is 2.00 bits per heavy atom. The topological polar surface area (TPSA) is 39.7 Å². The number of hydrogen-bond donors (Lipinski definition) is 1. The molecule has 2 atom stereocenters. The molecule has 1 aliphatic heterocycles. The zero-order valence-electron chi connectivity index (χ0n) is 11.5. The van der Waals surface area contributed by atoms with E-state index in [1.165, 1.54) is 0 Å². The van der Waals surface area contributed by atoms with Crippen molar-refractivity contribution in [3.8, 4) is 11.5 Å². The van der Waals surface area contributed by atoms with Crippen LogP contribution in [0.15, 0.2) is 16.6 Å². The lowest BCUT2D eigenvalue weighted by atomic mass is 10.1. The average molecular weight is 330 g/mol. The van der Waals surface area contributed by atoms with E-state index in [1.807, 2.05) is 12.1 Å². The quantitative estimate of drug-likeness (QED) is 0.901. The van der Waals surface area contributed by atoms with Crippen LogP contribution in [0, 0.1) is 0 Å². The zero-order valence-corrected chi connectivity index (χ0v) is 13.1. The number of benzene rings is 1. The van der Waals surface area contributed by atoms with Crippen molar-refractivity contribution >= 4 is 15.9 Å². The molecule has 0 spiro atoms. The van der Waals surface area contributed by atoms with E-state index in [-0.39, 0.29) is 6.10 Å². The molecule has 0 saturated carbocycles. The molecule has 106 valence electrons. The maximum absolute atomic E-state index is 5.55. The van der Waals surface area contributed by atoms with E-state index < -0.39 is 0 Å². The van der Waals surface area contributed by atoms with E-state index in [2.05, 4.69) is 28.2 Å². The highest BCUT2D eigenvalue weighted by Crippen LogP contribution is 2.33. The standard InChI is InChI=1S/C14H20BrNO3/c1-9-12(4-5-19-9)16-8-10-6-13(17-2)14(18-3)7-11(10)15/h6-7,9,12,16H,4-5,8H2,1-3H3/t9-,12+/m1/s1. The van der Waals surface area contributed by atoms with Crippen LogP contribution in [0.2, 0.25) is 0 Å². The molecule has 1 N–H and O–H groups in total. The fourth-order valence-electron chi connectivity index (χ4n) is 2.27. The zero-order chi connectivity index (χ0) is 13.8. The summed E-state index contributed by atoms with van der Waals surface area (Å²) in [5, 5.41) is 3.53. The Morgan fingerprint density at radius 1 is 1.32 bits per heavy atom. The fraction of sp³-hybridized carbons (Fsp3) is 0.571. The molecule has 0 bridgehead atoms. The summed E-state index contributed by atoms with van der Waals surface area (Å²) in [6.07, 6.45) is 1.34. The van der Waals surface area contributed by atoms with Gasteiger partial charge in [0.05, 0.1) is 20.3 Å². The third-order valence-electron chi connectivity index (χ3n) is 3.48. The number of rotatable bonds is 5. The van der Waals surface area contributed by atoms with Crippen LogP contribution in [0.5, 0.6) is 11.5 Å². The first-order valence-corrected chi connectivity index (χ1v) is 7.20. The minimum absolute atomic E-state index is 0.277. The summed E-state index contributed by atoms with van der Waals surface area (Å²) >= 11 is 3.57. The number of hydrogen-bond acceptors (Lipinski definition) is 4. The van der Waals surface area contributed by atoms with Gasteiger partial charge < -0.3 is 19.5 Å². The molecule has 5 heteroatoms. The molecule has 19 heavy (non-hydrogen) atoms. The van der Waals surface area contributed by atoms with Gasteiger partial charge in [0.15, 0.2) is 11.5 Å². The van der Waals surface area contributed by atoms with Gasteiger partial charge in [0.2, 0.25) is 0 Å². The SMILES string of the molecule is COc1cc(Br)c(CN[C@H]2CCO[C@@H]2C)cc1OC. The first kappa shape index (κ1) is 14.6. The molecule has 1 heterocycles. The molecule has 0 aromatic heterocycles. The maximum atomic E-state index is 5.55. The summed E-state index contributed by atoms with van der Waals surface area (Å²) in [6, 6.07) is 4.35. The monoisotopic (exact) mass is 329 g/mol. The molecule has 0 radical (unpaired) electrons. The predicted molar refractivity (Wildman–Crippen MR) is 77.9 cm³/mol. The highest BCUT2D eigenvalue weighted by atomic mass is 79.9. The third-order valence-corrected chi connectivity index (χ3v) is 4.22. The van der Waals surface area contributed by atoms with Gasteiger partial charge in [-0.2, -0.15) is 0 Å². The molecular formula is C14H20BrNO3. The molecular weight excluding hydrogens is 310 g/mol. The summed E-state index contributed by atoms with van der Waals surface area (Å²) in [4.78, 5) is 0. The maximum Gasteiger partial charge on any atom is 0.161 e. The Bertz CT molecular complexity index is 439. The van der Waals surface area contributed by atoms with Crippen molar-refractivity contribution in [2.75, 3.05) is 20.8 Å². The van der Waals surface area contributed by atoms with Crippen molar-refractivity contribution in [3.63, 3.8) is 0 Å². The first-order chi connectivity index (χ1) is 9.15. The molecule has 0 amide bonds. The molecule has 4 nitrogen and oxygen atoms in total. The Hall–Kier alpha value is -0.780. The van der Waals surface area contributed by atoms with Gasteiger partial charge in [-0.1, -0.05) is 15.9 Å². The molecule has 1 aromatic rings. The highest BCUT2D eigenvalue weighted by molar-refractivity contribution is 9.10. The lowest BCUT2D eigenvalue weighted by molar-refractivity contribution is 0.113. The summed E-state index contributed by atoms with van der Waals surface area (Å²) in [5.41, 5.74) is 1.15. The minimum atomic E-state index is 0.277. The number of halogens is 1. The summed E-state index contributed by atoms with van der Waals surface area (Å²) in [5.74, 6) is 1.48. The van der Waals surface area contributed by atoms with E-state index in [1.54, 1.807) is 14.2 Å². The van der Waals surface area contributed by atoms with Crippen LogP contribution >= 0.6 is 15.9 Å². The highest BCUT2D eigenvalue weighted by Gasteiger charge is 2.23. The minimum Gasteiger partial charge on any atom is -0.493 e. The lowest BCUT2D eigenvalue weighted by Gasteiger charge is -2.17. The number of methoxy groups -OCH3 is 2. The Morgan fingerprint density at radius 3 is 2.58 bits per heavy atom. The van der Waals surface area contributed by atoms with Crippen molar-refractivity contribution < 1.29 is 14.2 Å². The Labute approximate surface area is 122 Å². The molecule has 0 aliphatic carbocycles. The van der Waals surface area contributed by atoms with Gasteiger partial charge in [0.25, 0.3) is 0 Å². The van der Waals surface area contributed by atoms with Gasteiger partial charge in [-0.25, -0.2) is 0 Å². The smallest absolute Gasteiger partial charge is 0.161 e. The van der Waals surface area contributed by atoms with Gasteiger partial charge in [-0.3, -0.25) is 0 Å². The molecule has 1 aromatic carbocycles. The van der Waals surface area contributed by atoms with Crippen LogP contribution in [0.25, 0.3) is 0 Å². The van der Waals surface area contributed by atoms with Crippen molar-refractivity contribution in [2.45, 2.75) is 32.0 Å². The van der Waals surface area contributed by atoms with E-state index in [4.69, 9.17) is 14.2 Å². The largest absolute Gasteiger partial charge is 0.493 e. The lowest BCUT2D eigenvalue weighted by Crippen LogP contribution is -2.34. The molecule has 2 rings (SSSR count). The van der Waals surface area contributed by atoms with Gasteiger partial charge in [0, 0.05) is 23.7 Å². The predicted octanol–water partition coefficient (Wildman–Crippen LogP) is 2.73. The summed E-state index contributed by atoms with van der Waals surface area (Å²) in [7, 11) is 3.29.